The molecule has 0 unspecified atom stereocenters. The number of anilines is 1. The van der Waals surface area contributed by atoms with Crippen LogP contribution in [0.3, 0.4) is 0 Å². The fourth-order valence-corrected chi connectivity index (χ4v) is 2.57. The van der Waals surface area contributed by atoms with Crippen molar-refractivity contribution >= 4 is 17.3 Å². The van der Waals surface area contributed by atoms with E-state index in [9.17, 15) is 14.9 Å². The number of rotatable bonds is 5. The molecular formula is C14H19N3O4. The van der Waals surface area contributed by atoms with Crippen LogP contribution in [0.25, 0.3) is 0 Å². The number of piperazine rings is 1. The molecule has 0 aromatic heterocycles. The Morgan fingerprint density at radius 1 is 1.33 bits per heavy atom. The topological polar surface area (TPSA) is 86.9 Å². The van der Waals surface area contributed by atoms with Gasteiger partial charge in [0.25, 0.3) is 5.69 Å². The average Bonchev–Trinajstić information content (AvgIpc) is 2.45. The number of aryl methyl sites for hydroxylation is 1. The number of hydrogen-bond donors (Lipinski definition) is 1. The van der Waals surface area contributed by atoms with Gasteiger partial charge >= 0.3 is 5.97 Å². The van der Waals surface area contributed by atoms with Crippen LogP contribution in [0.2, 0.25) is 0 Å². The first-order valence-corrected chi connectivity index (χ1v) is 6.91. The zero-order valence-electron chi connectivity index (χ0n) is 12.0. The number of aliphatic carboxylic acids is 1. The first kappa shape index (κ1) is 15.2. The Kier molecular flexibility index (Phi) is 4.74. The summed E-state index contributed by atoms with van der Waals surface area (Å²) in [6.45, 7) is 5.67. The Bertz CT molecular complexity index is 539. The lowest BCUT2D eigenvalue weighted by Gasteiger charge is -2.36. The Labute approximate surface area is 122 Å². The molecule has 2 rings (SSSR count). The van der Waals surface area contributed by atoms with Crippen LogP contribution in [0.1, 0.15) is 12.0 Å². The predicted molar refractivity (Wildman–Crippen MR) is 78.7 cm³/mol. The molecular weight excluding hydrogens is 274 g/mol. The lowest BCUT2D eigenvalue weighted by Crippen LogP contribution is -2.47. The molecule has 21 heavy (non-hydrogen) atoms. The molecule has 1 fully saturated rings. The number of nitrogens with zero attached hydrogens (tertiary/aromatic N) is 3. The fourth-order valence-electron chi connectivity index (χ4n) is 2.57. The second kappa shape index (κ2) is 6.53. The summed E-state index contributed by atoms with van der Waals surface area (Å²) in [5.41, 5.74) is 2.01. The van der Waals surface area contributed by atoms with Gasteiger partial charge in [0, 0.05) is 50.5 Å². The van der Waals surface area contributed by atoms with Gasteiger partial charge in [0.15, 0.2) is 0 Å². The van der Waals surface area contributed by atoms with E-state index in [0.717, 1.165) is 37.4 Å². The number of non-ortho nitro benzene ring substituents is 1. The quantitative estimate of drug-likeness (QED) is 0.654. The van der Waals surface area contributed by atoms with Crippen LogP contribution in [-0.2, 0) is 4.79 Å². The molecule has 1 aliphatic rings. The zero-order valence-corrected chi connectivity index (χ0v) is 12.0. The number of nitro benzene ring substituents is 1. The van der Waals surface area contributed by atoms with E-state index < -0.39 is 5.97 Å². The molecule has 1 aromatic carbocycles. The van der Waals surface area contributed by atoms with E-state index in [1.165, 1.54) is 6.07 Å². The summed E-state index contributed by atoms with van der Waals surface area (Å²) in [7, 11) is 0. The fraction of sp³-hybridized carbons (Fsp3) is 0.500. The maximum absolute atomic E-state index is 10.7. The average molecular weight is 293 g/mol. The summed E-state index contributed by atoms with van der Waals surface area (Å²) < 4.78 is 0. The number of hydrogen-bond acceptors (Lipinski definition) is 5. The highest BCUT2D eigenvalue weighted by Gasteiger charge is 2.19. The van der Waals surface area contributed by atoms with E-state index in [1.807, 2.05) is 6.92 Å². The third-order valence-corrected chi connectivity index (χ3v) is 3.75. The molecule has 0 spiro atoms. The molecule has 114 valence electrons. The highest BCUT2D eigenvalue weighted by Crippen LogP contribution is 2.25. The van der Waals surface area contributed by atoms with Crippen molar-refractivity contribution in [3.05, 3.63) is 33.9 Å². The highest BCUT2D eigenvalue weighted by molar-refractivity contribution is 5.66. The molecule has 1 saturated heterocycles. The van der Waals surface area contributed by atoms with Gasteiger partial charge in [0.2, 0.25) is 0 Å². The van der Waals surface area contributed by atoms with Crippen LogP contribution in [0.4, 0.5) is 11.4 Å². The molecule has 0 atom stereocenters. The van der Waals surface area contributed by atoms with Gasteiger partial charge in [-0.3, -0.25) is 19.8 Å². The number of benzene rings is 1. The monoisotopic (exact) mass is 293 g/mol. The molecule has 0 saturated carbocycles. The number of nitro groups is 1. The van der Waals surface area contributed by atoms with Crippen molar-refractivity contribution in [1.82, 2.24) is 4.90 Å². The normalized spacial score (nSPS) is 16.0. The Morgan fingerprint density at radius 3 is 2.52 bits per heavy atom. The van der Waals surface area contributed by atoms with Crippen molar-refractivity contribution in [2.24, 2.45) is 0 Å². The van der Waals surface area contributed by atoms with Gasteiger partial charge in [-0.1, -0.05) is 0 Å². The van der Waals surface area contributed by atoms with Crippen LogP contribution in [0, 0.1) is 17.0 Å². The minimum atomic E-state index is -0.774. The highest BCUT2D eigenvalue weighted by atomic mass is 16.6. The molecule has 7 nitrogen and oxygen atoms in total. The van der Waals surface area contributed by atoms with Gasteiger partial charge in [-0.25, -0.2) is 0 Å². The van der Waals surface area contributed by atoms with E-state index >= 15 is 0 Å². The van der Waals surface area contributed by atoms with Crippen molar-refractivity contribution < 1.29 is 14.8 Å². The second-order valence-corrected chi connectivity index (χ2v) is 5.20. The molecule has 1 N–H and O–H groups in total. The lowest BCUT2D eigenvalue weighted by molar-refractivity contribution is -0.384. The number of carbonyl (C=O) groups is 1. The van der Waals surface area contributed by atoms with Crippen molar-refractivity contribution in [3.63, 3.8) is 0 Å². The summed E-state index contributed by atoms with van der Waals surface area (Å²) in [5.74, 6) is -0.774. The van der Waals surface area contributed by atoms with Gasteiger partial charge in [-0.2, -0.15) is 0 Å². The molecule has 0 radical (unpaired) electrons. The first-order valence-electron chi connectivity index (χ1n) is 6.91. The maximum atomic E-state index is 10.7. The standard InChI is InChI=1S/C14H19N3O4/c1-11-10-12(17(20)21)2-3-13(11)16-8-6-15(7-9-16)5-4-14(18)19/h2-3,10H,4-9H2,1H3,(H,18,19). The van der Waals surface area contributed by atoms with Crippen molar-refractivity contribution in [1.29, 1.82) is 0 Å². The summed E-state index contributed by atoms with van der Waals surface area (Å²) in [6, 6.07) is 4.91. The second-order valence-electron chi connectivity index (χ2n) is 5.20. The molecule has 1 aromatic rings. The summed E-state index contributed by atoms with van der Waals surface area (Å²) >= 11 is 0. The van der Waals surface area contributed by atoms with E-state index in [4.69, 9.17) is 5.11 Å². The lowest BCUT2D eigenvalue weighted by atomic mass is 10.1. The Morgan fingerprint density at radius 2 is 2.00 bits per heavy atom. The molecule has 1 aliphatic heterocycles. The van der Waals surface area contributed by atoms with E-state index in [0.29, 0.717) is 6.54 Å². The summed E-state index contributed by atoms with van der Waals surface area (Å²) in [5, 5.41) is 19.4. The minimum absolute atomic E-state index is 0.108. The Balaban J connectivity index is 1.96. The maximum Gasteiger partial charge on any atom is 0.304 e. The van der Waals surface area contributed by atoms with Gasteiger partial charge in [-0.05, 0) is 18.6 Å². The molecule has 0 aliphatic carbocycles. The van der Waals surface area contributed by atoms with Crippen molar-refractivity contribution in [3.8, 4) is 0 Å². The van der Waals surface area contributed by atoms with Crippen molar-refractivity contribution in [2.75, 3.05) is 37.6 Å². The molecule has 0 amide bonds. The van der Waals surface area contributed by atoms with Gasteiger partial charge < -0.3 is 10.0 Å². The number of carboxylic acids is 1. The third kappa shape index (κ3) is 3.91. The molecule has 7 heteroatoms. The van der Waals surface area contributed by atoms with Gasteiger partial charge in [0.05, 0.1) is 11.3 Å². The zero-order chi connectivity index (χ0) is 15.4. The van der Waals surface area contributed by atoms with Crippen LogP contribution < -0.4 is 4.90 Å². The first-order chi connectivity index (χ1) is 9.97. The number of carboxylic acid groups (broad SMARTS) is 1. The molecule has 1 heterocycles. The van der Waals surface area contributed by atoms with Crippen LogP contribution in [0.15, 0.2) is 18.2 Å². The van der Waals surface area contributed by atoms with Gasteiger partial charge in [-0.15, -0.1) is 0 Å². The smallest absolute Gasteiger partial charge is 0.304 e. The van der Waals surface area contributed by atoms with Crippen LogP contribution in [0.5, 0.6) is 0 Å². The van der Waals surface area contributed by atoms with Gasteiger partial charge in [0.1, 0.15) is 0 Å². The van der Waals surface area contributed by atoms with Crippen LogP contribution in [-0.4, -0.2) is 53.6 Å². The van der Waals surface area contributed by atoms with E-state index in [-0.39, 0.29) is 17.0 Å². The SMILES string of the molecule is Cc1cc([N+](=O)[O-])ccc1N1CCN(CCC(=O)O)CC1. The predicted octanol–water partition coefficient (Wildman–Crippen LogP) is 1.50. The minimum Gasteiger partial charge on any atom is -0.481 e. The van der Waals surface area contributed by atoms with Crippen LogP contribution >= 0.6 is 0 Å². The summed E-state index contributed by atoms with van der Waals surface area (Å²) in [4.78, 5) is 25.2. The third-order valence-electron chi connectivity index (χ3n) is 3.75. The largest absolute Gasteiger partial charge is 0.481 e. The molecule has 0 bridgehead atoms. The van der Waals surface area contributed by atoms with E-state index in [1.54, 1.807) is 12.1 Å². The van der Waals surface area contributed by atoms with E-state index in [2.05, 4.69) is 9.80 Å². The van der Waals surface area contributed by atoms with Crippen molar-refractivity contribution in [2.45, 2.75) is 13.3 Å². The Hall–Kier alpha value is -2.15. The summed E-state index contributed by atoms with van der Waals surface area (Å²) in [6.07, 6.45) is 0.163.